The van der Waals surface area contributed by atoms with Gasteiger partial charge in [-0.25, -0.2) is 0 Å². The highest BCUT2D eigenvalue weighted by Crippen LogP contribution is 2.18. The van der Waals surface area contributed by atoms with Crippen molar-refractivity contribution in [3.63, 3.8) is 0 Å². The maximum absolute atomic E-state index is 11.5. The van der Waals surface area contributed by atoms with Gasteiger partial charge in [-0.2, -0.15) is 0 Å². The van der Waals surface area contributed by atoms with Crippen molar-refractivity contribution in [1.29, 1.82) is 0 Å². The first kappa shape index (κ1) is 15.4. The zero-order valence-corrected chi connectivity index (χ0v) is 11.5. The van der Waals surface area contributed by atoms with Crippen molar-refractivity contribution < 1.29 is 4.79 Å². The van der Waals surface area contributed by atoms with E-state index >= 15 is 0 Å². The fraction of sp³-hybridized carbons (Fsp3) is 0.923. The largest absolute Gasteiger partial charge is 0.354 e. The number of carbonyl (C=O) groups excluding carboxylic acids is 1. The zero-order valence-electron chi connectivity index (χ0n) is 11.5. The first-order valence-corrected chi connectivity index (χ1v) is 6.54. The number of nitrogens with one attached hydrogen (secondary N) is 2. The third-order valence-electron chi connectivity index (χ3n) is 3.33. The van der Waals surface area contributed by atoms with Crippen molar-refractivity contribution in [1.82, 2.24) is 10.6 Å². The molecule has 0 saturated heterocycles. The van der Waals surface area contributed by atoms with Crippen molar-refractivity contribution in [3.8, 4) is 0 Å². The van der Waals surface area contributed by atoms with Crippen LogP contribution in [0.15, 0.2) is 0 Å². The second-order valence-corrected chi connectivity index (χ2v) is 4.74. The van der Waals surface area contributed by atoms with Crippen molar-refractivity contribution in [2.24, 2.45) is 0 Å². The molecule has 3 nitrogen and oxygen atoms in total. The Morgan fingerprint density at radius 1 is 1.12 bits per heavy atom. The number of hydrogen-bond donors (Lipinski definition) is 2. The fourth-order valence-corrected chi connectivity index (χ4v) is 1.96. The van der Waals surface area contributed by atoms with Crippen LogP contribution in [-0.2, 0) is 4.79 Å². The third-order valence-corrected chi connectivity index (χ3v) is 3.33. The third kappa shape index (κ3) is 5.50. The Bertz CT molecular complexity index is 190. The van der Waals surface area contributed by atoms with Crippen LogP contribution >= 0.6 is 0 Å². The van der Waals surface area contributed by atoms with Gasteiger partial charge in [-0.1, -0.05) is 20.8 Å². The topological polar surface area (TPSA) is 41.1 Å². The van der Waals surface area contributed by atoms with E-state index in [1.54, 1.807) is 0 Å². The van der Waals surface area contributed by atoms with Gasteiger partial charge in [0.1, 0.15) is 0 Å². The van der Waals surface area contributed by atoms with E-state index < -0.39 is 0 Å². The second kappa shape index (κ2) is 7.66. The first-order valence-electron chi connectivity index (χ1n) is 6.54. The summed E-state index contributed by atoms with van der Waals surface area (Å²) in [7, 11) is 0. The Balaban J connectivity index is 3.91. The predicted octanol–water partition coefficient (Wildman–Crippen LogP) is 2.46. The molecule has 3 heteroatoms. The minimum atomic E-state index is 0.139. The lowest BCUT2D eigenvalue weighted by molar-refractivity contribution is -0.121. The average molecular weight is 228 g/mol. The predicted molar refractivity (Wildman–Crippen MR) is 69.5 cm³/mol. The number of carbonyl (C=O) groups is 1. The summed E-state index contributed by atoms with van der Waals surface area (Å²) in [6.45, 7) is 11.4. The molecule has 0 radical (unpaired) electrons. The summed E-state index contributed by atoms with van der Waals surface area (Å²) in [5.41, 5.74) is 0.220. The maximum atomic E-state index is 11.5. The van der Waals surface area contributed by atoms with Gasteiger partial charge in [-0.05, 0) is 33.1 Å². The molecule has 0 aromatic heterocycles. The quantitative estimate of drug-likeness (QED) is 0.670. The van der Waals surface area contributed by atoms with E-state index in [-0.39, 0.29) is 17.5 Å². The smallest absolute Gasteiger partial charge is 0.221 e. The van der Waals surface area contributed by atoms with Crippen molar-refractivity contribution in [2.75, 3.05) is 6.54 Å². The Morgan fingerprint density at radius 3 is 2.00 bits per heavy atom. The molecule has 16 heavy (non-hydrogen) atoms. The lowest BCUT2D eigenvalue weighted by atomic mass is 9.90. The Morgan fingerprint density at radius 2 is 1.62 bits per heavy atom. The van der Waals surface area contributed by atoms with Crippen LogP contribution < -0.4 is 10.6 Å². The highest BCUT2D eigenvalue weighted by molar-refractivity contribution is 5.76. The summed E-state index contributed by atoms with van der Waals surface area (Å²) in [5.74, 6) is 0.139. The summed E-state index contributed by atoms with van der Waals surface area (Å²) < 4.78 is 0. The minimum absolute atomic E-state index is 0.139. The highest BCUT2D eigenvalue weighted by Gasteiger charge is 2.22. The van der Waals surface area contributed by atoms with Crippen molar-refractivity contribution in [2.45, 2.75) is 71.9 Å². The van der Waals surface area contributed by atoms with Gasteiger partial charge in [-0.3, -0.25) is 4.79 Å². The van der Waals surface area contributed by atoms with E-state index in [0.29, 0.717) is 6.42 Å². The molecule has 0 aromatic carbocycles. The van der Waals surface area contributed by atoms with Gasteiger partial charge < -0.3 is 10.6 Å². The van der Waals surface area contributed by atoms with E-state index in [1.807, 2.05) is 13.8 Å². The van der Waals surface area contributed by atoms with E-state index in [1.165, 1.54) is 0 Å². The molecule has 0 aliphatic carbocycles. The molecule has 96 valence electrons. The Labute approximate surface area is 100 Å². The molecule has 0 atom stereocenters. The normalized spacial score (nSPS) is 11.9. The van der Waals surface area contributed by atoms with Gasteiger partial charge in [0.25, 0.3) is 0 Å². The molecule has 0 bridgehead atoms. The number of hydrogen-bond acceptors (Lipinski definition) is 2. The van der Waals surface area contributed by atoms with Crippen LogP contribution in [0.5, 0.6) is 0 Å². The van der Waals surface area contributed by atoms with Crippen LogP contribution in [0, 0.1) is 0 Å². The van der Waals surface area contributed by atoms with Gasteiger partial charge in [0.2, 0.25) is 5.91 Å². The van der Waals surface area contributed by atoms with Crippen LogP contribution in [0.25, 0.3) is 0 Å². The van der Waals surface area contributed by atoms with Crippen LogP contribution in [0.4, 0.5) is 0 Å². The monoisotopic (exact) mass is 228 g/mol. The van der Waals surface area contributed by atoms with Crippen LogP contribution in [0.2, 0.25) is 0 Å². The SMILES string of the molecule is CCC(CC)(CC)NCCC(=O)NC(C)C. The molecule has 0 rings (SSSR count). The molecular formula is C13H28N2O. The number of amides is 1. The molecule has 0 fully saturated rings. The molecule has 0 aliphatic rings. The van der Waals surface area contributed by atoms with Crippen LogP contribution in [-0.4, -0.2) is 24.0 Å². The summed E-state index contributed by atoms with van der Waals surface area (Å²) in [4.78, 5) is 11.5. The minimum Gasteiger partial charge on any atom is -0.354 e. The molecular weight excluding hydrogens is 200 g/mol. The second-order valence-electron chi connectivity index (χ2n) is 4.74. The molecule has 0 aliphatic heterocycles. The summed E-state index contributed by atoms with van der Waals surface area (Å²) in [6.07, 6.45) is 3.92. The van der Waals surface area contributed by atoms with Gasteiger partial charge in [0.15, 0.2) is 0 Å². The molecule has 2 N–H and O–H groups in total. The van der Waals surface area contributed by atoms with E-state index in [9.17, 15) is 4.79 Å². The summed E-state index contributed by atoms with van der Waals surface area (Å²) in [5, 5.41) is 6.43. The van der Waals surface area contributed by atoms with E-state index in [0.717, 1.165) is 25.8 Å². The molecule has 0 saturated carbocycles. The summed E-state index contributed by atoms with van der Waals surface area (Å²) in [6, 6.07) is 0.237. The fourth-order valence-electron chi connectivity index (χ4n) is 1.96. The average Bonchev–Trinajstić information content (AvgIpc) is 2.24. The van der Waals surface area contributed by atoms with Crippen molar-refractivity contribution >= 4 is 5.91 Å². The van der Waals surface area contributed by atoms with Gasteiger partial charge in [0, 0.05) is 24.5 Å². The highest BCUT2D eigenvalue weighted by atomic mass is 16.1. The molecule has 1 amide bonds. The first-order chi connectivity index (χ1) is 7.49. The molecule has 0 heterocycles. The molecule has 0 unspecified atom stereocenters. The lowest BCUT2D eigenvalue weighted by Crippen LogP contribution is -2.45. The molecule has 0 spiro atoms. The van der Waals surface area contributed by atoms with E-state index in [4.69, 9.17) is 0 Å². The zero-order chi connectivity index (χ0) is 12.6. The van der Waals surface area contributed by atoms with E-state index in [2.05, 4.69) is 31.4 Å². The molecule has 0 aromatic rings. The standard InChI is InChI=1S/C13H28N2O/c1-6-13(7-2,8-3)14-10-9-12(16)15-11(4)5/h11,14H,6-10H2,1-5H3,(H,15,16). The maximum Gasteiger partial charge on any atom is 0.221 e. The van der Waals surface area contributed by atoms with Gasteiger partial charge in [0.05, 0.1) is 0 Å². The van der Waals surface area contributed by atoms with Crippen LogP contribution in [0.1, 0.15) is 60.3 Å². The van der Waals surface area contributed by atoms with Gasteiger partial charge >= 0.3 is 0 Å². The van der Waals surface area contributed by atoms with Crippen molar-refractivity contribution in [3.05, 3.63) is 0 Å². The Kier molecular flexibility index (Phi) is 7.39. The number of rotatable bonds is 8. The summed E-state index contributed by atoms with van der Waals surface area (Å²) >= 11 is 0. The Hall–Kier alpha value is -0.570. The lowest BCUT2D eigenvalue weighted by Gasteiger charge is -2.32. The van der Waals surface area contributed by atoms with Crippen LogP contribution in [0.3, 0.4) is 0 Å². The van der Waals surface area contributed by atoms with Gasteiger partial charge in [-0.15, -0.1) is 0 Å².